The van der Waals surface area contributed by atoms with Crippen molar-refractivity contribution in [3.63, 3.8) is 0 Å². The van der Waals surface area contributed by atoms with Gasteiger partial charge in [0.2, 0.25) is 0 Å². The first-order valence-corrected chi connectivity index (χ1v) is 4.31. The van der Waals surface area contributed by atoms with E-state index in [1.807, 2.05) is 11.6 Å². The van der Waals surface area contributed by atoms with Gasteiger partial charge in [0.25, 0.3) is 0 Å². The Hall–Kier alpha value is -1.39. The Morgan fingerprint density at radius 3 is 2.92 bits per heavy atom. The predicted molar refractivity (Wildman–Crippen MR) is 44.4 cm³/mol. The fourth-order valence-electron chi connectivity index (χ4n) is 1.35. The molecule has 0 bridgehead atoms. The van der Waals surface area contributed by atoms with Crippen LogP contribution in [0.1, 0.15) is 30.3 Å². The second-order valence-electron chi connectivity index (χ2n) is 3.37. The maximum atomic E-state index is 10.4. The van der Waals surface area contributed by atoms with E-state index in [4.69, 9.17) is 5.11 Å². The third-order valence-electron chi connectivity index (χ3n) is 2.23. The molecule has 0 saturated heterocycles. The van der Waals surface area contributed by atoms with Gasteiger partial charge in [-0.1, -0.05) is 5.21 Å². The Bertz CT molecular complexity index is 341. The Labute approximate surface area is 75.4 Å². The molecule has 5 heteroatoms. The molecular weight excluding hydrogens is 170 g/mol. The average Bonchev–Trinajstić information content (AvgIpc) is 2.81. The average molecular weight is 181 g/mol. The van der Waals surface area contributed by atoms with E-state index in [9.17, 15) is 4.79 Å². The molecule has 1 aromatic heterocycles. The molecule has 1 heterocycles. The molecule has 13 heavy (non-hydrogen) atoms. The van der Waals surface area contributed by atoms with Gasteiger partial charge < -0.3 is 5.11 Å². The zero-order valence-corrected chi connectivity index (χ0v) is 7.40. The van der Waals surface area contributed by atoms with Gasteiger partial charge in [0.05, 0.1) is 23.9 Å². The Morgan fingerprint density at radius 2 is 2.38 bits per heavy atom. The maximum absolute atomic E-state index is 10.4. The zero-order chi connectivity index (χ0) is 9.42. The van der Waals surface area contributed by atoms with Crippen LogP contribution < -0.4 is 0 Å². The molecule has 5 nitrogen and oxygen atoms in total. The van der Waals surface area contributed by atoms with Crippen molar-refractivity contribution in [1.29, 1.82) is 0 Å². The number of carbonyl (C=O) groups is 1. The second kappa shape index (κ2) is 2.83. The summed E-state index contributed by atoms with van der Waals surface area (Å²) in [5, 5.41) is 16.4. The van der Waals surface area contributed by atoms with E-state index < -0.39 is 5.97 Å². The number of carboxylic acid groups (broad SMARTS) is 1. The smallest absolute Gasteiger partial charge is 0.309 e. The predicted octanol–water partition coefficient (Wildman–Crippen LogP) is 0.549. The maximum Gasteiger partial charge on any atom is 0.309 e. The first kappa shape index (κ1) is 8.22. The standard InChI is InChI=1S/C8H11N3O2/c1-5-7(4-8(12)13)9-10-11(5)6-2-3-6/h6H,2-4H2,1H3,(H,12,13). The highest BCUT2D eigenvalue weighted by atomic mass is 16.4. The van der Waals surface area contributed by atoms with Crippen LogP contribution in [0.15, 0.2) is 0 Å². The highest BCUT2D eigenvalue weighted by Crippen LogP contribution is 2.35. The monoisotopic (exact) mass is 181 g/mol. The summed E-state index contributed by atoms with van der Waals surface area (Å²) < 4.78 is 1.83. The van der Waals surface area contributed by atoms with Crippen molar-refractivity contribution in [3.05, 3.63) is 11.4 Å². The largest absolute Gasteiger partial charge is 0.481 e. The van der Waals surface area contributed by atoms with Crippen molar-refractivity contribution in [2.45, 2.75) is 32.2 Å². The van der Waals surface area contributed by atoms with Crippen LogP contribution in [0.5, 0.6) is 0 Å². The number of aromatic nitrogens is 3. The SMILES string of the molecule is Cc1c(CC(=O)O)nnn1C1CC1. The normalized spacial score (nSPS) is 16.1. The number of nitrogens with zero attached hydrogens (tertiary/aromatic N) is 3. The summed E-state index contributed by atoms with van der Waals surface area (Å²) in [5.41, 5.74) is 1.48. The Morgan fingerprint density at radius 1 is 1.69 bits per heavy atom. The molecular formula is C8H11N3O2. The molecule has 1 saturated carbocycles. The van der Waals surface area contributed by atoms with E-state index in [0.29, 0.717) is 11.7 Å². The molecule has 0 atom stereocenters. The number of carboxylic acids is 1. The summed E-state index contributed by atoms with van der Waals surface area (Å²) >= 11 is 0. The lowest BCUT2D eigenvalue weighted by Gasteiger charge is -1.98. The molecule has 70 valence electrons. The van der Waals surface area contributed by atoms with Gasteiger partial charge in [-0.3, -0.25) is 4.79 Å². The third-order valence-corrected chi connectivity index (χ3v) is 2.23. The van der Waals surface area contributed by atoms with E-state index >= 15 is 0 Å². The summed E-state index contributed by atoms with van der Waals surface area (Å²) in [7, 11) is 0. The highest BCUT2D eigenvalue weighted by Gasteiger charge is 2.27. The van der Waals surface area contributed by atoms with Crippen molar-refractivity contribution in [2.75, 3.05) is 0 Å². The van der Waals surface area contributed by atoms with Gasteiger partial charge in [0.15, 0.2) is 0 Å². The van der Waals surface area contributed by atoms with Crippen molar-refractivity contribution >= 4 is 5.97 Å². The molecule has 0 spiro atoms. The molecule has 1 aliphatic carbocycles. The van der Waals surface area contributed by atoms with Gasteiger partial charge in [-0.2, -0.15) is 0 Å². The summed E-state index contributed by atoms with van der Waals surface area (Å²) in [6, 6.07) is 0.468. The molecule has 0 unspecified atom stereocenters. The van der Waals surface area contributed by atoms with E-state index in [-0.39, 0.29) is 6.42 Å². The summed E-state index contributed by atoms with van der Waals surface area (Å²) in [6.45, 7) is 1.87. The van der Waals surface area contributed by atoms with Crippen LogP contribution in [0.3, 0.4) is 0 Å². The molecule has 1 fully saturated rings. The summed E-state index contributed by atoms with van der Waals surface area (Å²) in [4.78, 5) is 10.4. The van der Waals surface area contributed by atoms with Crippen LogP contribution in [-0.4, -0.2) is 26.1 Å². The van der Waals surface area contributed by atoms with Crippen molar-refractivity contribution < 1.29 is 9.90 Å². The summed E-state index contributed by atoms with van der Waals surface area (Å²) in [6.07, 6.45) is 2.24. The van der Waals surface area contributed by atoms with Gasteiger partial charge >= 0.3 is 5.97 Å². The lowest BCUT2D eigenvalue weighted by Crippen LogP contribution is -2.03. The van der Waals surface area contributed by atoms with Crippen LogP contribution in [0.2, 0.25) is 0 Å². The highest BCUT2D eigenvalue weighted by molar-refractivity contribution is 5.69. The third kappa shape index (κ3) is 1.54. The van der Waals surface area contributed by atoms with Gasteiger partial charge in [-0.25, -0.2) is 4.68 Å². The molecule has 1 aromatic rings. The topological polar surface area (TPSA) is 68.0 Å². The van der Waals surface area contributed by atoms with E-state index in [1.54, 1.807) is 0 Å². The van der Waals surface area contributed by atoms with E-state index in [0.717, 1.165) is 18.5 Å². The van der Waals surface area contributed by atoms with Crippen LogP contribution in [0, 0.1) is 6.92 Å². The zero-order valence-electron chi connectivity index (χ0n) is 7.40. The first-order chi connectivity index (χ1) is 6.18. The molecule has 0 aromatic carbocycles. The Kier molecular flexibility index (Phi) is 1.79. The minimum absolute atomic E-state index is 0.0292. The quantitative estimate of drug-likeness (QED) is 0.739. The fourth-order valence-corrected chi connectivity index (χ4v) is 1.35. The molecule has 0 radical (unpaired) electrons. The van der Waals surface area contributed by atoms with Crippen LogP contribution in [0.4, 0.5) is 0 Å². The van der Waals surface area contributed by atoms with Crippen LogP contribution in [0.25, 0.3) is 0 Å². The van der Waals surface area contributed by atoms with Gasteiger partial charge in [0.1, 0.15) is 0 Å². The number of hydrogen-bond donors (Lipinski definition) is 1. The van der Waals surface area contributed by atoms with Crippen LogP contribution >= 0.6 is 0 Å². The van der Waals surface area contributed by atoms with Crippen molar-refractivity contribution in [1.82, 2.24) is 15.0 Å². The minimum atomic E-state index is -0.856. The second-order valence-corrected chi connectivity index (χ2v) is 3.37. The van der Waals surface area contributed by atoms with Gasteiger partial charge in [-0.05, 0) is 19.8 Å². The van der Waals surface area contributed by atoms with E-state index in [2.05, 4.69) is 10.3 Å². The van der Waals surface area contributed by atoms with E-state index in [1.165, 1.54) is 0 Å². The minimum Gasteiger partial charge on any atom is -0.481 e. The number of rotatable bonds is 3. The molecule has 2 rings (SSSR count). The first-order valence-electron chi connectivity index (χ1n) is 4.31. The van der Waals surface area contributed by atoms with Crippen molar-refractivity contribution in [3.8, 4) is 0 Å². The van der Waals surface area contributed by atoms with Crippen LogP contribution in [-0.2, 0) is 11.2 Å². The Balaban J connectivity index is 2.22. The number of aliphatic carboxylic acids is 1. The molecule has 0 aliphatic heterocycles. The number of hydrogen-bond acceptors (Lipinski definition) is 3. The van der Waals surface area contributed by atoms with Gasteiger partial charge in [-0.15, -0.1) is 5.10 Å². The molecule has 1 aliphatic rings. The lowest BCUT2D eigenvalue weighted by molar-refractivity contribution is -0.136. The van der Waals surface area contributed by atoms with Crippen molar-refractivity contribution in [2.24, 2.45) is 0 Å². The molecule has 0 amide bonds. The lowest BCUT2D eigenvalue weighted by atomic mass is 10.2. The molecule has 1 N–H and O–H groups in total. The van der Waals surface area contributed by atoms with Gasteiger partial charge in [0, 0.05) is 0 Å². The summed E-state index contributed by atoms with van der Waals surface area (Å²) in [5.74, 6) is -0.856. The fraction of sp³-hybridized carbons (Fsp3) is 0.625.